The minimum Gasteiger partial charge on any atom is -0.497 e. The molecule has 3 aromatic rings. The Balaban J connectivity index is 1.98. The van der Waals surface area contributed by atoms with E-state index in [0.29, 0.717) is 34.3 Å². The van der Waals surface area contributed by atoms with Gasteiger partial charge in [-0.1, -0.05) is 0 Å². The molecule has 0 saturated carbocycles. The molecular formula is C16H13FN2O3. The number of hydrogen-bond donors (Lipinski definition) is 0. The van der Waals surface area contributed by atoms with Crippen molar-refractivity contribution in [2.75, 3.05) is 14.2 Å². The number of hydrogen-bond acceptors (Lipinski definition) is 5. The van der Waals surface area contributed by atoms with Crippen LogP contribution in [0.1, 0.15) is 0 Å². The highest BCUT2D eigenvalue weighted by Gasteiger charge is 2.12. The van der Waals surface area contributed by atoms with E-state index in [1.54, 1.807) is 38.5 Å². The number of halogens is 1. The number of pyridine rings is 1. The maximum atomic E-state index is 12.9. The Morgan fingerprint density at radius 3 is 2.32 bits per heavy atom. The average Bonchev–Trinajstić information content (AvgIpc) is 3.05. The maximum Gasteiger partial charge on any atom is 0.226 e. The molecule has 0 spiro atoms. The summed E-state index contributed by atoms with van der Waals surface area (Å²) >= 11 is 0. The number of nitrogens with zero attached hydrogens (tertiary/aromatic N) is 2. The molecule has 0 radical (unpaired) electrons. The van der Waals surface area contributed by atoms with Gasteiger partial charge in [0.05, 0.1) is 26.1 Å². The van der Waals surface area contributed by atoms with E-state index in [-0.39, 0.29) is 0 Å². The molecule has 2 heterocycles. The van der Waals surface area contributed by atoms with E-state index in [2.05, 4.69) is 9.97 Å². The summed E-state index contributed by atoms with van der Waals surface area (Å²) in [6.45, 7) is 0. The topological polar surface area (TPSA) is 57.4 Å². The first-order valence-electron chi connectivity index (χ1n) is 6.50. The molecule has 0 N–H and O–H groups in total. The lowest BCUT2D eigenvalue weighted by molar-refractivity contribution is 0.394. The van der Waals surface area contributed by atoms with Crippen LogP contribution in [0.25, 0.3) is 22.8 Å². The van der Waals surface area contributed by atoms with Crippen LogP contribution in [0.15, 0.2) is 47.2 Å². The van der Waals surface area contributed by atoms with E-state index >= 15 is 0 Å². The molecule has 0 amide bonds. The summed E-state index contributed by atoms with van der Waals surface area (Å²) in [5.41, 5.74) is 1.77. The summed E-state index contributed by atoms with van der Waals surface area (Å²) in [7, 11) is 3.14. The lowest BCUT2D eigenvalue weighted by Crippen LogP contribution is -1.89. The summed E-state index contributed by atoms with van der Waals surface area (Å²) in [5, 5.41) is 0. The van der Waals surface area contributed by atoms with Gasteiger partial charge in [-0.2, -0.15) is 0 Å². The third-order valence-electron chi connectivity index (χ3n) is 3.09. The van der Waals surface area contributed by atoms with E-state index in [0.717, 1.165) is 6.20 Å². The van der Waals surface area contributed by atoms with Gasteiger partial charge in [0.15, 0.2) is 0 Å². The second-order valence-electron chi connectivity index (χ2n) is 4.50. The molecule has 2 aromatic heterocycles. The molecule has 6 heteroatoms. The molecule has 0 atom stereocenters. The van der Waals surface area contributed by atoms with Gasteiger partial charge in [0.25, 0.3) is 0 Å². The Hall–Kier alpha value is -2.89. The molecule has 112 valence electrons. The van der Waals surface area contributed by atoms with Crippen molar-refractivity contribution in [1.29, 1.82) is 0 Å². The minimum atomic E-state index is -0.398. The first-order chi connectivity index (χ1) is 10.7. The molecule has 0 bridgehead atoms. The van der Waals surface area contributed by atoms with Crippen LogP contribution in [0.5, 0.6) is 11.5 Å². The number of ether oxygens (including phenoxy) is 2. The largest absolute Gasteiger partial charge is 0.497 e. The lowest BCUT2D eigenvalue weighted by Gasteiger charge is -2.05. The van der Waals surface area contributed by atoms with Crippen LogP contribution in [0, 0.1) is 5.82 Å². The predicted molar refractivity (Wildman–Crippen MR) is 78.2 cm³/mol. The molecule has 0 aliphatic heterocycles. The van der Waals surface area contributed by atoms with E-state index < -0.39 is 5.82 Å². The Morgan fingerprint density at radius 1 is 1.00 bits per heavy atom. The van der Waals surface area contributed by atoms with Gasteiger partial charge in [0.2, 0.25) is 5.89 Å². The molecular weight excluding hydrogens is 287 g/mol. The molecule has 0 unspecified atom stereocenters. The molecule has 0 saturated heterocycles. The van der Waals surface area contributed by atoms with Crippen LogP contribution in [0.4, 0.5) is 4.39 Å². The summed E-state index contributed by atoms with van der Waals surface area (Å²) in [6.07, 6.45) is 2.61. The van der Waals surface area contributed by atoms with Crippen LogP contribution < -0.4 is 9.47 Å². The molecule has 5 nitrogen and oxygen atoms in total. The van der Waals surface area contributed by atoms with Crippen molar-refractivity contribution in [3.63, 3.8) is 0 Å². The molecule has 3 rings (SSSR count). The summed E-state index contributed by atoms with van der Waals surface area (Å²) in [6, 6.07) is 8.20. The number of methoxy groups -OCH3 is 2. The second-order valence-corrected chi connectivity index (χ2v) is 4.50. The molecule has 0 fully saturated rings. The molecule has 22 heavy (non-hydrogen) atoms. The van der Waals surface area contributed by atoms with Gasteiger partial charge in [-0.15, -0.1) is 0 Å². The monoisotopic (exact) mass is 300 g/mol. The quantitative estimate of drug-likeness (QED) is 0.737. The SMILES string of the molecule is COc1cc(OC)cc(-c2nc(-c3ccc(F)cn3)co2)c1. The number of aromatic nitrogens is 2. The van der Waals surface area contributed by atoms with Crippen LogP contribution in [0.3, 0.4) is 0 Å². The summed E-state index contributed by atoms with van der Waals surface area (Å²) in [4.78, 5) is 8.34. The Morgan fingerprint density at radius 2 is 1.73 bits per heavy atom. The van der Waals surface area contributed by atoms with Crippen molar-refractivity contribution >= 4 is 0 Å². The van der Waals surface area contributed by atoms with E-state index in [1.165, 1.54) is 12.3 Å². The van der Waals surface area contributed by atoms with Crippen molar-refractivity contribution in [2.45, 2.75) is 0 Å². The van der Waals surface area contributed by atoms with Gasteiger partial charge in [-0.3, -0.25) is 4.98 Å². The zero-order valence-electron chi connectivity index (χ0n) is 12.0. The van der Waals surface area contributed by atoms with Crippen molar-refractivity contribution in [3.05, 3.63) is 48.6 Å². The minimum absolute atomic E-state index is 0.398. The van der Waals surface area contributed by atoms with Gasteiger partial charge in [-0.25, -0.2) is 9.37 Å². The van der Waals surface area contributed by atoms with Crippen molar-refractivity contribution in [2.24, 2.45) is 0 Å². The van der Waals surface area contributed by atoms with Crippen LogP contribution in [-0.4, -0.2) is 24.2 Å². The number of oxazole rings is 1. The normalized spacial score (nSPS) is 10.5. The van der Waals surface area contributed by atoms with E-state index in [1.807, 2.05) is 0 Å². The number of benzene rings is 1. The number of rotatable bonds is 4. The smallest absolute Gasteiger partial charge is 0.226 e. The third kappa shape index (κ3) is 2.76. The first kappa shape index (κ1) is 14.1. The predicted octanol–water partition coefficient (Wildman–Crippen LogP) is 3.56. The molecule has 0 aliphatic carbocycles. The Bertz CT molecular complexity index is 762. The fourth-order valence-corrected chi connectivity index (χ4v) is 1.98. The van der Waals surface area contributed by atoms with Gasteiger partial charge < -0.3 is 13.9 Å². The van der Waals surface area contributed by atoms with Gasteiger partial charge >= 0.3 is 0 Å². The van der Waals surface area contributed by atoms with E-state index in [4.69, 9.17) is 13.9 Å². The zero-order chi connectivity index (χ0) is 15.5. The fraction of sp³-hybridized carbons (Fsp3) is 0.125. The lowest BCUT2D eigenvalue weighted by atomic mass is 10.2. The fourth-order valence-electron chi connectivity index (χ4n) is 1.98. The van der Waals surface area contributed by atoms with Gasteiger partial charge in [0, 0.05) is 11.6 Å². The highest BCUT2D eigenvalue weighted by molar-refractivity contribution is 5.63. The highest BCUT2D eigenvalue weighted by Crippen LogP contribution is 2.30. The molecule has 1 aromatic carbocycles. The average molecular weight is 300 g/mol. The summed E-state index contributed by atoms with van der Waals surface area (Å²) < 4.78 is 28.8. The van der Waals surface area contributed by atoms with Crippen LogP contribution in [0.2, 0.25) is 0 Å². The van der Waals surface area contributed by atoms with E-state index in [9.17, 15) is 4.39 Å². The highest BCUT2D eigenvalue weighted by atomic mass is 19.1. The Labute approximate surface area is 126 Å². The third-order valence-corrected chi connectivity index (χ3v) is 3.09. The standard InChI is InChI=1S/C16H13FN2O3/c1-20-12-5-10(6-13(7-12)21-2)16-19-15(9-22-16)14-4-3-11(17)8-18-14/h3-9H,1-2H3. The van der Waals surface area contributed by atoms with Gasteiger partial charge in [-0.05, 0) is 24.3 Å². The maximum absolute atomic E-state index is 12.9. The van der Waals surface area contributed by atoms with Crippen LogP contribution in [-0.2, 0) is 0 Å². The van der Waals surface area contributed by atoms with Gasteiger partial charge in [0.1, 0.15) is 29.3 Å². The Kier molecular flexibility index (Phi) is 3.74. The van der Waals surface area contributed by atoms with Crippen LogP contribution >= 0.6 is 0 Å². The zero-order valence-corrected chi connectivity index (χ0v) is 12.0. The summed E-state index contributed by atoms with van der Waals surface area (Å²) in [5.74, 6) is 1.27. The second kappa shape index (κ2) is 5.85. The molecule has 0 aliphatic rings. The van der Waals surface area contributed by atoms with Crippen molar-refractivity contribution in [3.8, 4) is 34.3 Å². The van der Waals surface area contributed by atoms with Crippen molar-refractivity contribution in [1.82, 2.24) is 9.97 Å². The van der Waals surface area contributed by atoms with Crippen molar-refractivity contribution < 1.29 is 18.3 Å². The first-order valence-corrected chi connectivity index (χ1v) is 6.50.